The Hall–Kier alpha value is -3.99. The van der Waals surface area contributed by atoms with Gasteiger partial charge in [-0.2, -0.15) is 0 Å². The van der Waals surface area contributed by atoms with Crippen LogP contribution in [-0.2, 0) is 75.0 Å². The van der Waals surface area contributed by atoms with E-state index in [9.17, 15) is 37.9 Å². The van der Waals surface area contributed by atoms with Gasteiger partial charge in [0.05, 0.1) is 21.3 Å². The average Bonchev–Trinajstić information content (AvgIpc) is 3.04. The van der Waals surface area contributed by atoms with Crippen molar-refractivity contribution in [2.45, 2.75) is 32.3 Å². The Morgan fingerprint density at radius 2 is 0.935 bits per heavy atom. The molecule has 0 rings (SSSR count). The lowest BCUT2D eigenvalue weighted by Gasteiger charge is -2.22. The first-order valence-corrected chi connectivity index (χ1v) is 15.4. The van der Waals surface area contributed by atoms with Crippen molar-refractivity contribution in [2.75, 3.05) is 49.8 Å². The van der Waals surface area contributed by atoms with Crippen molar-refractivity contribution >= 4 is 57.1 Å². The number of hydrogen-bond donors (Lipinski definition) is 3. The molecule has 2 unspecified atom stereocenters. The number of carbonyl (C=O) groups is 7. The summed E-state index contributed by atoms with van der Waals surface area (Å²) in [4.78, 5) is 74.6. The number of hydrogen-bond acceptors (Lipinski definition) is 16. The van der Waals surface area contributed by atoms with Gasteiger partial charge < -0.3 is 48.3 Å². The smallest absolute Gasteiger partial charge is 0.363 e. The van der Waals surface area contributed by atoms with Gasteiger partial charge in [-0.1, -0.05) is 19.2 Å². The molecule has 0 heterocycles. The molecular weight excluding hydrogens is 660 g/mol. The van der Waals surface area contributed by atoms with Crippen LogP contribution in [-0.4, -0.2) is 103 Å². The molecule has 3 N–H and O–H groups in total. The summed E-state index contributed by atoms with van der Waals surface area (Å²) in [5.74, 6) is -6.68. The topological polar surface area (TPSA) is 254 Å². The van der Waals surface area contributed by atoms with Gasteiger partial charge in [0.2, 0.25) is 29.3 Å². The monoisotopic (exact) mass is 703 g/mol. The van der Waals surface area contributed by atoms with E-state index in [0.29, 0.717) is 6.29 Å². The largest absolute Gasteiger partial charge is 0.467 e. The fraction of sp³-hybridized carbons (Fsp3) is 0.480. The van der Waals surface area contributed by atoms with E-state index in [1.54, 1.807) is 0 Å². The van der Waals surface area contributed by atoms with Crippen LogP contribution in [0.2, 0.25) is 0 Å². The second-order valence-electron chi connectivity index (χ2n) is 7.42. The van der Waals surface area contributed by atoms with Crippen LogP contribution in [0.1, 0.15) is 20.8 Å². The molecular formula is C25H43N3O16P2. The van der Waals surface area contributed by atoms with Crippen LogP contribution in [0.4, 0.5) is 0 Å². The quantitative estimate of drug-likeness (QED) is 0.0568. The molecule has 0 aromatic rings. The summed E-state index contributed by atoms with van der Waals surface area (Å²) >= 11 is 0. The number of amides is 3. The van der Waals surface area contributed by atoms with Crippen LogP contribution in [0.25, 0.3) is 0 Å². The van der Waals surface area contributed by atoms with E-state index in [2.05, 4.69) is 61.4 Å². The molecule has 0 aliphatic carbocycles. The molecule has 0 aromatic carbocycles. The Morgan fingerprint density at radius 3 is 1.11 bits per heavy atom. The number of carbonyl (C=O) groups excluding carboxylic acids is 7. The minimum atomic E-state index is -3.72. The third-order valence-electron chi connectivity index (χ3n) is 4.28. The molecule has 0 aromatic heterocycles. The molecule has 0 saturated heterocycles. The number of aldehydes is 1. The lowest BCUT2D eigenvalue weighted by Crippen LogP contribution is -2.40. The summed E-state index contributed by atoms with van der Waals surface area (Å²) in [5.41, 5.74) is 0.0833. The van der Waals surface area contributed by atoms with Crippen molar-refractivity contribution in [1.82, 2.24) is 16.0 Å². The number of nitrogens with one attached hydrogen (secondary N) is 3. The van der Waals surface area contributed by atoms with Crippen molar-refractivity contribution in [3.05, 3.63) is 37.1 Å². The van der Waals surface area contributed by atoms with Gasteiger partial charge in [-0.3, -0.25) is 28.3 Å². The van der Waals surface area contributed by atoms with Gasteiger partial charge in [-0.25, -0.2) is 14.4 Å². The Morgan fingerprint density at radius 1 is 0.609 bits per heavy atom. The fourth-order valence-electron chi connectivity index (χ4n) is 2.29. The van der Waals surface area contributed by atoms with E-state index in [1.165, 1.54) is 46.1 Å². The molecule has 2 atom stereocenters. The first kappa shape index (κ1) is 48.9. The fourth-order valence-corrected chi connectivity index (χ4v) is 4.84. The minimum absolute atomic E-state index is 0.0833. The van der Waals surface area contributed by atoms with E-state index in [4.69, 9.17) is 4.79 Å². The Kier molecular flexibility index (Phi) is 29.1. The number of allylic oxidation sites excluding steroid dienone is 3. The number of ether oxygens (including phenoxy) is 3. The van der Waals surface area contributed by atoms with Gasteiger partial charge >= 0.3 is 33.1 Å². The van der Waals surface area contributed by atoms with Gasteiger partial charge in [-0.15, -0.1) is 0 Å². The molecule has 21 heteroatoms. The Bertz CT molecular complexity index is 1090. The van der Waals surface area contributed by atoms with Gasteiger partial charge in [-0.05, 0) is 12.2 Å². The van der Waals surface area contributed by atoms with Crippen molar-refractivity contribution < 1.29 is 75.0 Å². The van der Waals surface area contributed by atoms with Crippen LogP contribution in [0, 0.1) is 0 Å². The summed E-state index contributed by atoms with van der Waals surface area (Å²) in [6.07, 6.45) is 4.59. The molecule has 0 aliphatic heterocycles. The predicted octanol–water partition coefficient (Wildman–Crippen LogP) is 0.952. The Labute approximate surface area is 267 Å². The van der Waals surface area contributed by atoms with Crippen LogP contribution in [0.3, 0.4) is 0 Å². The number of esters is 3. The minimum Gasteiger partial charge on any atom is -0.467 e. The van der Waals surface area contributed by atoms with Crippen molar-refractivity contribution in [3.8, 4) is 0 Å². The lowest BCUT2D eigenvalue weighted by atomic mass is 10.4. The van der Waals surface area contributed by atoms with Gasteiger partial charge in [0.25, 0.3) is 0 Å². The second kappa shape index (κ2) is 27.3. The maximum Gasteiger partial charge on any atom is 0.363 e. The standard InChI is InChI=1S/C8H11NO3.2C7H14NO6P.C3H4O/c1-4-5-7(8(11)12-3)9-6(2)10;2*1-5(9)8-6(7(10)12-2)15(11,13-3)14-4;1-2-3-4/h4-5H,1H2,2-3H3,(H,9,10);2*6H,1-4H3,(H,8,9);2-3H,1H2/b7-5-;;;. The summed E-state index contributed by atoms with van der Waals surface area (Å²) in [7, 11) is 0.449. The van der Waals surface area contributed by atoms with Crippen molar-refractivity contribution in [2.24, 2.45) is 0 Å². The molecule has 0 saturated carbocycles. The van der Waals surface area contributed by atoms with Crippen LogP contribution in [0.5, 0.6) is 0 Å². The van der Waals surface area contributed by atoms with Crippen LogP contribution < -0.4 is 16.0 Å². The number of rotatable bonds is 14. The molecule has 0 spiro atoms. The lowest BCUT2D eigenvalue weighted by molar-refractivity contribution is -0.143. The van der Waals surface area contributed by atoms with E-state index in [1.807, 2.05) is 0 Å². The van der Waals surface area contributed by atoms with E-state index < -0.39 is 56.5 Å². The molecule has 19 nitrogen and oxygen atoms in total. The predicted molar refractivity (Wildman–Crippen MR) is 163 cm³/mol. The van der Waals surface area contributed by atoms with E-state index in [-0.39, 0.29) is 11.6 Å². The molecule has 46 heavy (non-hydrogen) atoms. The highest BCUT2D eigenvalue weighted by molar-refractivity contribution is 7.56. The SMILES string of the molecule is C=C/C=C(\NC(C)=O)C(=O)OC.C=CC=O.COC(=O)C(NC(C)=O)P(=O)(OC)OC.COC(=O)C(NC(C)=O)P(=O)(OC)OC. The zero-order chi connectivity index (χ0) is 37.1. The second-order valence-corrected chi connectivity index (χ2v) is 12.1. The Balaban J connectivity index is -0.000000273. The van der Waals surface area contributed by atoms with Crippen LogP contribution in [0.15, 0.2) is 37.1 Å². The normalized spacial score (nSPS) is 11.7. The maximum atomic E-state index is 11.8. The molecule has 264 valence electrons. The summed E-state index contributed by atoms with van der Waals surface area (Å²) < 4.78 is 55.2. The molecule has 0 bridgehead atoms. The molecule has 0 radical (unpaired) electrons. The van der Waals surface area contributed by atoms with Gasteiger partial charge in [0.15, 0.2) is 0 Å². The first-order chi connectivity index (χ1) is 21.3. The van der Waals surface area contributed by atoms with Crippen molar-refractivity contribution in [1.29, 1.82) is 0 Å². The summed E-state index contributed by atoms with van der Waals surface area (Å²) in [6.45, 7) is 10.1. The van der Waals surface area contributed by atoms with E-state index >= 15 is 0 Å². The highest BCUT2D eigenvalue weighted by Gasteiger charge is 2.42. The van der Waals surface area contributed by atoms with Crippen molar-refractivity contribution in [3.63, 3.8) is 0 Å². The third kappa shape index (κ3) is 20.9. The number of methoxy groups -OCH3 is 3. The molecule has 0 aliphatic rings. The summed E-state index contributed by atoms with van der Waals surface area (Å²) in [5, 5.41) is 6.60. The average molecular weight is 704 g/mol. The zero-order valence-electron chi connectivity index (χ0n) is 27.3. The maximum absolute atomic E-state index is 11.8. The van der Waals surface area contributed by atoms with Gasteiger partial charge in [0, 0.05) is 49.2 Å². The highest BCUT2D eigenvalue weighted by atomic mass is 31.2. The zero-order valence-corrected chi connectivity index (χ0v) is 29.1. The van der Waals surface area contributed by atoms with Crippen LogP contribution >= 0.6 is 15.2 Å². The molecule has 0 fully saturated rings. The van der Waals surface area contributed by atoms with E-state index in [0.717, 1.165) is 42.7 Å². The molecule has 3 amide bonds. The van der Waals surface area contributed by atoms with Gasteiger partial charge in [0.1, 0.15) is 12.0 Å². The first-order valence-electron chi connectivity index (χ1n) is 12.2. The summed E-state index contributed by atoms with van der Waals surface area (Å²) in [6, 6.07) is 0. The highest BCUT2D eigenvalue weighted by Crippen LogP contribution is 2.51. The third-order valence-corrected chi connectivity index (χ3v) is 8.26.